The third-order valence-corrected chi connectivity index (χ3v) is 7.24. The van der Waals surface area contributed by atoms with E-state index < -0.39 is 11.6 Å². The molecule has 3 nitrogen and oxygen atoms in total. The van der Waals surface area contributed by atoms with Crippen molar-refractivity contribution in [2.75, 3.05) is 0 Å². The Morgan fingerprint density at radius 2 is 2.04 bits per heavy atom. The number of ether oxygens (including phenoxy) is 1. The molecular formula is C21H25FO3. The number of carbonyl (C=O) groups excluding carboxylic acids is 2. The van der Waals surface area contributed by atoms with Gasteiger partial charge in [0.15, 0.2) is 5.78 Å². The fourth-order valence-corrected chi connectivity index (χ4v) is 6.06. The number of alkyl halides is 1. The van der Waals surface area contributed by atoms with Crippen LogP contribution in [0.5, 0.6) is 0 Å². The lowest BCUT2D eigenvalue weighted by atomic mass is 9.49. The van der Waals surface area contributed by atoms with E-state index in [1.165, 1.54) is 6.92 Å². The zero-order valence-electron chi connectivity index (χ0n) is 15.0. The smallest absolute Gasteiger partial charge is 0.302 e. The number of halogens is 1. The van der Waals surface area contributed by atoms with E-state index in [-0.39, 0.29) is 35.1 Å². The fraction of sp³-hybridized carbons (Fsp3) is 0.619. The summed E-state index contributed by atoms with van der Waals surface area (Å²) in [7, 11) is 0. The van der Waals surface area contributed by atoms with Crippen LogP contribution < -0.4 is 0 Å². The molecule has 4 aliphatic rings. The molecule has 25 heavy (non-hydrogen) atoms. The van der Waals surface area contributed by atoms with E-state index in [4.69, 9.17) is 4.74 Å². The lowest BCUT2D eigenvalue weighted by Crippen LogP contribution is -2.54. The first-order valence-corrected chi connectivity index (χ1v) is 9.20. The Hall–Kier alpha value is -1.71. The van der Waals surface area contributed by atoms with Crippen molar-refractivity contribution >= 4 is 11.8 Å². The second-order valence-electron chi connectivity index (χ2n) is 8.59. The van der Waals surface area contributed by atoms with Gasteiger partial charge in [-0.2, -0.15) is 0 Å². The van der Waals surface area contributed by atoms with Crippen molar-refractivity contribution in [3.63, 3.8) is 0 Å². The molecule has 4 rings (SSSR count). The highest BCUT2D eigenvalue weighted by molar-refractivity contribution is 6.01. The molecule has 0 aliphatic heterocycles. The van der Waals surface area contributed by atoms with Gasteiger partial charge < -0.3 is 4.74 Å². The molecule has 4 aliphatic carbocycles. The van der Waals surface area contributed by atoms with E-state index in [0.717, 1.165) is 18.4 Å². The zero-order chi connectivity index (χ0) is 18.0. The summed E-state index contributed by atoms with van der Waals surface area (Å²) in [6.45, 7) is 5.57. The molecule has 0 saturated heterocycles. The number of carbonyl (C=O) groups is 2. The lowest BCUT2D eigenvalue weighted by Gasteiger charge is -2.55. The van der Waals surface area contributed by atoms with Crippen molar-refractivity contribution in [2.24, 2.45) is 28.6 Å². The summed E-state index contributed by atoms with van der Waals surface area (Å²) in [6.07, 6.45) is 10.2. The van der Waals surface area contributed by atoms with Gasteiger partial charge in [-0.15, -0.1) is 0 Å². The molecule has 0 aromatic heterocycles. The van der Waals surface area contributed by atoms with Gasteiger partial charge in [0.2, 0.25) is 0 Å². The number of esters is 1. The summed E-state index contributed by atoms with van der Waals surface area (Å²) in [6, 6.07) is 0. The van der Waals surface area contributed by atoms with Gasteiger partial charge >= 0.3 is 5.97 Å². The SMILES string of the molecule is CC(=O)O[C@H]1CC[C@H]2[C@@H]3C=CC4=CC(=O)C=C[C@]4(C)[C@H]3[C@@H](F)C[C@]12C. The molecule has 0 aromatic rings. The molecule has 4 heteroatoms. The molecule has 0 bridgehead atoms. The van der Waals surface area contributed by atoms with Gasteiger partial charge in [0.25, 0.3) is 0 Å². The molecule has 0 spiro atoms. The van der Waals surface area contributed by atoms with E-state index in [1.54, 1.807) is 12.2 Å². The van der Waals surface area contributed by atoms with Crippen molar-refractivity contribution in [3.05, 3.63) is 36.0 Å². The highest BCUT2D eigenvalue weighted by Crippen LogP contribution is 2.63. The minimum atomic E-state index is -0.987. The van der Waals surface area contributed by atoms with Crippen LogP contribution in [0.4, 0.5) is 4.39 Å². The maximum Gasteiger partial charge on any atom is 0.302 e. The summed E-state index contributed by atoms with van der Waals surface area (Å²) in [5.74, 6) is -0.0667. The number of fused-ring (bicyclic) bond motifs is 5. The zero-order valence-corrected chi connectivity index (χ0v) is 15.0. The average molecular weight is 344 g/mol. The minimum absolute atomic E-state index is 0.0255. The summed E-state index contributed by atoms with van der Waals surface area (Å²) >= 11 is 0. The van der Waals surface area contributed by atoms with E-state index in [1.807, 2.05) is 12.2 Å². The number of hydrogen-bond donors (Lipinski definition) is 0. The Balaban J connectivity index is 1.74. The summed E-state index contributed by atoms with van der Waals surface area (Å²) in [5, 5.41) is 0. The van der Waals surface area contributed by atoms with Gasteiger partial charge in [-0.25, -0.2) is 4.39 Å². The highest BCUT2D eigenvalue weighted by atomic mass is 19.1. The molecule has 0 aromatic carbocycles. The standard InChI is InChI=1S/C21H25FO3/c1-12(23)25-18-7-6-16-15-5-4-13-10-14(24)8-9-20(13,2)19(15)17(22)11-21(16,18)3/h4-5,8-10,15-19H,6-7,11H2,1-3H3/t15-,16-,17-,18-,19+,20-,21-/m0/s1. The molecule has 2 saturated carbocycles. The Kier molecular flexibility index (Phi) is 3.61. The molecular weight excluding hydrogens is 319 g/mol. The minimum Gasteiger partial charge on any atom is -0.462 e. The van der Waals surface area contributed by atoms with Gasteiger partial charge in [0, 0.05) is 23.7 Å². The Morgan fingerprint density at radius 1 is 1.28 bits per heavy atom. The van der Waals surface area contributed by atoms with Crippen LogP contribution >= 0.6 is 0 Å². The van der Waals surface area contributed by atoms with Crippen molar-refractivity contribution in [1.82, 2.24) is 0 Å². The largest absolute Gasteiger partial charge is 0.462 e. The molecule has 0 heterocycles. The summed E-state index contributed by atoms with van der Waals surface area (Å²) in [4.78, 5) is 23.2. The van der Waals surface area contributed by atoms with Crippen molar-refractivity contribution < 1.29 is 18.7 Å². The van der Waals surface area contributed by atoms with Crippen LogP contribution in [0.15, 0.2) is 36.0 Å². The summed E-state index contributed by atoms with van der Waals surface area (Å²) in [5.41, 5.74) is 0.165. The second kappa shape index (κ2) is 5.39. The highest BCUT2D eigenvalue weighted by Gasteiger charge is 2.62. The fourth-order valence-electron chi connectivity index (χ4n) is 6.06. The molecule has 0 radical (unpaired) electrons. The first kappa shape index (κ1) is 16.7. The van der Waals surface area contributed by atoms with Crippen LogP contribution in [0.1, 0.15) is 40.0 Å². The molecule has 0 amide bonds. The second-order valence-corrected chi connectivity index (χ2v) is 8.59. The predicted octanol–water partition coefficient (Wildman–Crippen LogP) is 3.95. The van der Waals surface area contributed by atoms with Crippen LogP contribution in [-0.2, 0) is 14.3 Å². The first-order chi connectivity index (χ1) is 11.8. The maximum atomic E-state index is 15.5. The Morgan fingerprint density at radius 3 is 2.76 bits per heavy atom. The average Bonchev–Trinajstić information content (AvgIpc) is 2.83. The van der Waals surface area contributed by atoms with E-state index in [2.05, 4.69) is 19.9 Å². The van der Waals surface area contributed by atoms with Crippen LogP contribution in [0.2, 0.25) is 0 Å². The van der Waals surface area contributed by atoms with Gasteiger partial charge in [0.05, 0.1) is 0 Å². The maximum absolute atomic E-state index is 15.5. The first-order valence-electron chi connectivity index (χ1n) is 9.20. The Labute approximate surface area is 148 Å². The van der Waals surface area contributed by atoms with Crippen molar-refractivity contribution in [2.45, 2.75) is 52.3 Å². The number of rotatable bonds is 1. The predicted molar refractivity (Wildman–Crippen MR) is 92.4 cm³/mol. The monoisotopic (exact) mass is 344 g/mol. The van der Waals surface area contributed by atoms with Crippen molar-refractivity contribution in [3.8, 4) is 0 Å². The van der Waals surface area contributed by atoms with Crippen LogP contribution in [-0.4, -0.2) is 24.0 Å². The van der Waals surface area contributed by atoms with Crippen LogP contribution in [0.25, 0.3) is 0 Å². The third-order valence-electron chi connectivity index (χ3n) is 7.24. The van der Waals surface area contributed by atoms with Gasteiger partial charge in [0.1, 0.15) is 12.3 Å². The molecule has 7 atom stereocenters. The van der Waals surface area contributed by atoms with E-state index in [0.29, 0.717) is 12.3 Å². The summed E-state index contributed by atoms with van der Waals surface area (Å²) < 4.78 is 21.1. The molecule has 0 unspecified atom stereocenters. The molecule has 2 fully saturated rings. The van der Waals surface area contributed by atoms with Crippen LogP contribution in [0, 0.1) is 28.6 Å². The lowest BCUT2D eigenvalue weighted by molar-refractivity contribution is -0.158. The molecule has 134 valence electrons. The normalized spacial score (nSPS) is 47.6. The number of allylic oxidation sites excluding steroid dienone is 6. The topological polar surface area (TPSA) is 43.4 Å². The van der Waals surface area contributed by atoms with Gasteiger partial charge in [-0.3, -0.25) is 9.59 Å². The molecule has 0 N–H and O–H groups in total. The van der Waals surface area contributed by atoms with Crippen LogP contribution in [0.3, 0.4) is 0 Å². The van der Waals surface area contributed by atoms with Gasteiger partial charge in [-0.1, -0.05) is 32.1 Å². The number of ketones is 1. The van der Waals surface area contributed by atoms with Gasteiger partial charge in [-0.05, 0) is 48.8 Å². The Bertz CT molecular complexity index is 721. The van der Waals surface area contributed by atoms with Crippen molar-refractivity contribution in [1.29, 1.82) is 0 Å². The van der Waals surface area contributed by atoms with E-state index >= 15 is 4.39 Å². The number of hydrogen-bond acceptors (Lipinski definition) is 3. The quantitative estimate of drug-likeness (QED) is 0.677. The third kappa shape index (κ3) is 2.29. The van der Waals surface area contributed by atoms with E-state index in [9.17, 15) is 9.59 Å².